The highest BCUT2D eigenvalue weighted by Gasteiger charge is 1.99. The van der Waals surface area contributed by atoms with Gasteiger partial charge >= 0.3 is 0 Å². The fraction of sp³-hybridized carbons (Fsp3) is 0.200. The molecule has 1 nitrogen and oxygen atoms in total. The summed E-state index contributed by atoms with van der Waals surface area (Å²) < 4.78 is 12.7. The summed E-state index contributed by atoms with van der Waals surface area (Å²) >= 11 is 3.14. The summed E-state index contributed by atoms with van der Waals surface area (Å²) in [7, 11) is 0. The Balaban J connectivity index is 3.08. The Morgan fingerprint density at radius 1 is 1.46 bits per heavy atom. The van der Waals surface area contributed by atoms with Crippen molar-refractivity contribution in [2.75, 3.05) is 5.33 Å². The molecule has 0 heterocycles. The average molecular weight is 243 g/mol. The van der Waals surface area contributed by atoms with Crippen LogP contribution < -0.4 is 0 Å². The van der Waals surface area contributed by atoms with Crippen LogP contribution in [0.2, 0.25) is 0 Å². The lowest BCUT2D eigenvalue weighted by Gasteiger charge is -1.99. The molecule has 3 heteroatoms. The number of aliphatic hydroxyl groups excluding tert-OH is 1. The van der Waals surface area contributed by atoms with Gasteiger partial charge in [-0.1, -0.05) is 33.8 Å². The molecular weight excluding hydrogens is 235 g/mol. The first-order valence-electron chi connectivity index (χ1n) is 3.72. The first-order valence-corrected chi connectivity index (χ1v) is 4.84. The number of hydrogen-bond donors (Lipinski definition) is 1. The van der Waals surface area contributed by atoms with Gasteiger partial charge in [-0.15, -0.1) is 0 Å². The minimum absolute atomic E-state index is 0.118. The summed E-state index contributed by atoms with van der Waals surface area (Å²) in [6.07, 6.45) is 0. The summed E-state index contributed by atoms with van der Waals surface area (Å²) in [5, 5.41) is 9.44. The molecule has 0 aliphatic carbocycles. The first kappa shape index (κ1) is 10.2. The molecule has 0 radical (unpaired) electrons. The second-order valence-corrected chi connectivity index (χ2v) is 2.96. The van der Waals surface area contributed by atoms with Crippen molar-refractivity contribution < 1.29 is 9.50 Å². The van der Waals surface area contributed by atoms with Gasteiger partial charge in [0.25, 0.3) is 0 Å². The van der Waals surface area contributed by atoms with Crippen molar-refractivity contribution in [3.05, 3.63) is 35.1 Å². The van der Waals surface area contributed by atoms with E-state index in [1.54, 1.807) is 0 Å². The number of alkyl halides is 1. The lowest BCUT2D eigenvalue weighted by molar-refractivity contribution is 0.281. The molecule has 13 heavy (non-hydrogen) atoms. The predicted octanol–water partition coefficient (Wildman–Crippen LogP) is 2.06. The summed E-state index contributed by atoms with van der Waals surface area (Å²) in [5.41, 5.74) is 1.19. The Hall–Kier alpha value is -0.850. The van der Waals surface area contributed by atoms with Crippen molar-refractivity contribution in [1.82, 2.24) is 0 Å². The predicted molar refractivity (Wildman–Crippen MR) is 53.0 cm³/mol. The molecule has 0 atom stereocenters. The molecular formula is C10H8BrFO. The van der Waals surface area contributed by atoms with Gasteiger partial charge in [0.2, 0.25) is 0 Å². The maximum absolute atomic E-state index is 12.7. The highest BCUT2D eigenvalue weighted by Crippen LogP contribution is 2.09. The highest BCUT2D eigenvalue weighted by atomic mass is 79.9. The van der Waals surface area contributed by atoms with E-state index >= 15 is 0 Å². The quantitative estimate of drug-likeness (QED) is 0.591. The Kier molecular flexibility index (Phi) is 3.94. The first-order chi connectivity index (χ1) is 6.27. The largest absolute Gasteiger partial charge is 0.392 e. The smallest absolute Gasteiger partial charge is 0.124 e. The minimum atomic E-state index is -0.337. The molecule has 0 amide bonds. The molecule has 0 bridgehead atoms. The molecule has 1 aromatic rings. The molecule has 0 aromatic heterocycles. The third-order valence-electron chi connectivity index (χ3n) is 1.53. The van der Waals surface area contributed by atoms with Gasteiger partial charge in [0.1, 0.15) is 5.82 Å². The molecule has 1 N–H and O–H groups in total. The van der Waals surface area contributed by atoms with Crippen molar-refractivity contribution in [1.29, 1.82) is 0 Å². The fourth-order valence-corrected chi connectivity index (χ4v) is 1.07. The van der Waals surface area contributed by atoms with Crippen LogP contribution in [0.1, 0.15) is 11.1 Å². The van der Waals surface area contributed by atoms with Gasteiger partial charge in [-0.05, 0) is 17.7 Å². The van der Waals surface area contributed by atoms with E-state index < -0.39 is 0 Å². The van der Waals surface area contributed by atoms with Gasteiger partial charge in [-0.3, -0.25) is 0 Å². The van der Waals surface area contributed by atoms with Crippen molar-refractivity contribution in [2.45, 2.75) is 6.61 Å². The molecule has 0 saturated heterocycles. The maximum Gasteiger partial charge on any atom is 0.124 e. The minimum Gasteiger partial charge on any atom is -0.392 e. The Bertz CT molecular complexity index is 352. The summed E-state index contributed by atoms with van der Waals surface area (Å²) in [5.74, 6) is 5.18. The van der Waals surface area contributed by atoms with E-state index in [9.17, 15) is 4.39 Å². The number of benzene rings is 1. The summed E-state index contributed by atoms with van der Waals surface area (Å²) in [4.78, 5) is 0. The lowest BCUT2D eigenvalue weighted by atomic mass is 10.1. The topological polar surface area (TPSA) is 20.2 Å². The van der Waals surface area contributed by atoms with Crippen LogP contribution in [0, 0.1) is 17.7 Å². The normalized spacial score (nSPS) is 9.15. The molecule has 0 unspecified atom stereocenters. The molecule has 1 aromatic carbocycles. The second-order valence-electron chi connectivity index (χ2n) is 2.39. The van der Waals surface area contributed by atoms with E-state index in [0.29, 0.717) is 16.5 Å². The van der Waals surface area contributed by atoms with E-state index in [1.807, 2.05) is 0 Å². The Morgan fingerprint density at radius 2 is 2.23 bits per heavy atom. The third kappa shape index (κ3) is 2.83. The molecule has 68 valence electrons. The van der Waals surface area contributed by atoms with Crippen LogP contribution in [0.25, 0.3) is 0 Å². The zero-order valence-corrected chi connectivity index (χ0v) is 8.44. The fourth-order valence-electron chi connectivity index (χ4n) is 0.932. The SMILES string of the molecule is OCc1ccc(F)cc1C#CCBr. The van der Waals surface area contributed by atoms with E-state index in [0.717, 1.165) is 0 Å². The molecule has 0 aliphatic heterocycles. The molecule has 0 spiro atoms. The van der Waals surface area contributed by atoms with Crippen molar-refractivity contribution >= 4 is 15.9 Å². The van der Waals surface area contributed by atoms with Gasteiger partial charge < -0.3 is 5.11 Å². The van der Waals surface area contributed by atoms with Gasteiger partial charge in [0, 0.05) is 5.56 Å². The third-order valence-corrected chi connectivity index (χ3v) is 1.81. The van der Waals surface area contributed by atoms with Crippen LogP contribution in [0.3, 0.4) is 0 Å². The monoisotopic (exact) mass is 242 g/mol. The van der Waals surface area contributed by atoms with Crippen molar-refractivity contribution in [3.63, 3.8) is 0 Å². The lowest BCUT2D eigenvalue weighted by Crippen LogP contribution is -1.90. The summed E-state index contributed by atoms with van der Waals surface area (Å²) in [6.45, 7) is -0.118. The van der Waals surface area contributed by atoms with Gasteiger partial charge in [-0.2, -0.15) is 0 Å². The number of halogens is 2. The van der Waals surface area contributed by atoms with Gasteiger partial charge in [-0.25, -0.2) is 4.39 Å². The van der Waals surface area contributed by atoms with Crippen LogP contribution in [0.5, 0.6) is 0 Å². The van der Waals surface area contributed by atoms with Crippen LogP contribution in [-0.4, -0.2) is 10.4 Å². The van der Waals surface area contributed by atoms with Crippen LogP contribution in [0.15, 0.2) is 18.2 Å². The second kappa shape index (κ2) is 5.00. The zero-order valence-electron chi connectivity index (χ0n) is 6.85. The van der Waals surface area contributed by atoms with Crippen molar-refractivity contribution in [3.8, 4) is 11.8 Å². The van der Waals surface area contributed by atoms with Gasteiger partial charge in [0.15, 0.2) is 0 Å². The highest BCUT2D eigenvalue weighted by molar-refractivity contribution is 9.09. The molecule has 0 fully saturated rings. The van der Waals surface area contributed by atoms with Crippen LogP contribution in [-0.2, 0) is 6.61 Å². The van der Waals surface area contributed by atoms with E-state index in [-0.39, 0.29) is 12.4 Å². The van der Waals surface area contributed by atoms with E-state index in [2.05, 4.69) is 27.8 Å². The van der Waals surface area contributed by atoms with Crippen molar-refractivity contribution in [2.24, 2.45) is 0 Å². The van der Waals surface area contributed by atoms with Crippen LogP contribution in [0.4, 0.5) is 4.39 Å². The molecule has 0 saturated carbocycles. The number of hydrogen-bond acceptors (Lipinski definition) is 1. The van der Waals surface area contributed by atoms with Gasteiger partial charge in [0.05, 0.1) is 11.9 Å². The van der Waals surface area contributed by atoms with Crippen LogP contribution >= 0.6 is 15.9 Å². The molecule has 1 rings (SSSR count). The Labute approximate surface area is 84.7 Å². The maximum atomic E-state index is 12.7. The van der Waals surface area contributed by atoms with E-state index in [1.165, 1.54) is 18.2 Å². The molecule has 0 aliphatic rings. The standard InChI is InChI=1S/C10H8BrFO/c11-5-1-2-8-6-10(12)4-3-9(8)7-13/h3-4,6,13H,5,7H2. The zero-order chi connectivity index (χ0) is 9.68. The number of aliphatic hydroxyl groups is 1. The van der Waals surface area contributed by atoms with E-state index in [4.69, 9.17) is 5.11 Å². The Morgan fingerprint density at radius 3 is 2.85 bits per heavy atom. The number of rotatable bonds is 1. The summed E-state index contributed by atoms with van der Waals surface area (Å²) in [6, 6.07) is 4.17. The average Bonchev–Trinajstić information content (AvgIpc) is 2.15.